The fourth-order valence-corrected chi connectivity index (χ4v) is 12.6. The number of ether oxygens (including phenoxy) is 4. The maximum Gasteiger partial charge on any atom is 0.397 e. The van der Waals surface area contributed by atoms with Crippen LogP contribution in [0.25, 0.3) is 0 Å². The Hall–Kier alpha value is -0.910. The summed E-state index contributed by atoms with van der Waals surface area (Å²) in [6.07, 6.45) is -12.4. The lowest BCUT2D eigenvalue weighted by Crippen LogP contribution is -2.70. The van der Waals surface area contributed by atoms with Crippen LogP contribution in [0.2, 0.25) is 0 Å². The van der Waals surface area contributed by atoms with E-state index in [9.17, 15) is 58.9 Å². The second-order valence-corrected chi connectivity index (χ2v) is 19.4. The van der Waals surface area contributed by atoms with E-state index in [1.54, 1.807) is 0 Å². The van der Waals surface area contributed by atoms with Gasteiger partial charge in [0.15, 0.2) is 12.6 Å². The monoisotopic (exact) mass is 824 g/mol. The van der Waals surface area contributed by atoms with E-state index in [1.807, 2.05) is 13.8 Å². The topological polar surface area (TPSA) is 283 Å². The molecule has 21 unspecified atom stereocenters. The molecule has 56 heavy (non-hydrogen) atoms. The summed E-state index contributed by atoms with van der Waals surface area (Å²) >= 11 is 0. The normalized spacial score (nSPS) is 50.7. The van der Waals surface area contributed by atoms with Gasteiger partial charge in [0.1, 0.15) is 36.6 Å². The average molecular weight is 825 g/mol. The molecule has 10 N–H and O–H groups in total. The van der Waals surface area contributed by atoms with E-state index >= 15 is 0 Å². The average Bonchev–Trinajstić information content (AvgIpc) is 3.40. The van der Waals surface area contributed by atoms with Gasteiger partial charge in [0.25, 0.3) is 0 Å². The van der Waals surface area contributed by atoms with E-state index in [1.165, 1.54) is 0 Å². The van der Waals surface area contributed by atoms with Gasteiger partial charge in [-0.2, -0.15) is 8.42 Å². The summed E-state index contributed by atoms with van der Waals surface area (Å²) in [4.78, 5) is 0. The molecule has 0 aromatic heterocycles. The molecule has 0 spiro atoms. The molecule has 2 saturated heterocycles. The zero-order valence-electron chi connectivity index (χ0n) is 32.6. The summed E-state index contributed by atoms with van der Waals surface area (Å²) in [6.45, 7) is 11.6. The van der Waals surface area contributed by atoms with E-state index in [0.29, 0.717) is 38.5 Å². The Labute approximate surface area is 328 Å². The van der Waals surface area contributed by atoms with Gasteiger partial charge < -0.3 is 64.9 Å². The van der Waals surface area contributed by atoms with E-state index in [2.05, 4.69) is 20.4 Å². The summed E-state index contributed by atoms with van der Waals surface area (Å²) in [7, 11) is -5.11. The van der Waals surface area contributed by atoms with Crippen molar-refractivity contribution < 1.29 is 82.1 Å². The number of hydrogen-bond donors (Lipinski definition) is 10. The molecule has 0 aromatic rings. The molecule has 2 aliphatic heterocycles. The zero-order chi connectivity index (χ0) is 41.3. The van der Waals surface area contributed by atoms with E-state index in [4.69, 9.17) is 23.1 Å². The Kier molecular flexibility index (Phi) is 13.2. The number of hydrogen-bond acceptors (Lipinski definition) is 16. The molecule has 18 heteroatoms. The Balaban J connectivity index is 1.08. The number of aliphatic hydroxyl groups excluding tert-OH is 8. The number of aliphatic hydroxyl groups is 9. The van der Waals surface area contributed by atoms with Crippen molar-refractivity contribution in [1.29, 1.82) is 0 Å². The lowest BCUT2D eigenvalue weighted by molar-refractivity contribution is -0.341. The molecule has 17 nitrogen and oxygen atoms in total. The molecule has 6 fully saturated rings. The molecule has 2 heterocycles. The highest BCUT2D eigenvalue weighted by Gasteiger charge is 2.71. The molecule has 324 valence electrons. The van der Waals surface area contributed by atoms with E-state index in [-0.39, 0.29) is 36.7 Å². The van der Waals surface area contributed by atoms with Crippen LogP contribution in [0.5, 0.6) is 0 Å². The Morgan fingerprint density at radius 3 is 2.14 bits per heavy atom. The fourth-order valence-electron chi connectivity index (χ4n) is 12.1. The van der Waals surface area contributed by atoms with Crippen molar-refractivity contribution in [2.45, 2.75) is 158 Å². The first-order valence-corrected chi connectivity index (χ1v) is 21.4. The highest BCUT2D eigenvalue weighted by molar-refractivity contribution is 7.80. The van der Waals surface area contributed by atoms with Crippen molar-refractivity contribution >= 4 is 10.4 Å². The van der Waals surface area contributed by atoms with Crippen molar-refractivity contribution in [3.63, 3.8) is 0 Å². The lowest BCUT2D eigenvalue weighted by Gasteiger charge is -2.66. The van der Waals surface area contributed by atoms with E-state index < -0.39 is 125 Å². The van der Waals surface area contributed by atoms with Crippen LogP contribution in [0.1, 0.15) is 79.1 Å². The Morgan fingerprint density at radius 2 is 1.46 bits per heavy atom. The summed E-state index contributed by atoms with van der Waals surface area (Å²) in [6, 6.07) is 0. The zero-order valence-corrected chi connectivity index (χ0v) is 33.4. The van der Waals surface area contributed by atoms with Crippen molar-refractivity contribution in [1.82, 2.24) is 0 Å². The van der Waals surface area contributed by atoms with Crippen molar-refractivity contribution in [2.24, 2.45) is 46.3 Å². The molecule has 0 radical (unpaired) electrons. The van der Waals surface area contributed by atoms with Gasteiger partial charge in [-0.05, 0) is 73.5 Å². The summed E-state index contributed by atoms with van der Waals surface area (Å²) in [5.74, 6) is -1.38. The van der Waals surface area contributed by atoms with Crippen LogP contribution in [0.15, 0.2) is 12.2 Å². The second-order valence-electron chi connectivity index (χ2n) is 18.4. The molecule has 4 aliphatic carbocycles. The molecule has 6 rings (SSSR count). The molecule has 0 aromatic carbocycles. The number of fused-ring (bicyclic) bond motifs is 5. The van der Waals surface area contributed by atoms with Gasteiger partial charge in [-0.1, -0.05) is 39.8 Å². The van der Waals surface area contributed by atoms with Crippen LogP contribution in [0.4, 0.5) is 0 Å². The summed E-state index contributed by atoms with van der Waals surface area (Å²) in [5, 5.41) is 98.0. The first-order chi connectivity index (χ1) is 26.0. The first-order valence-electron chi connectivity index (χ1n) is 20.0. The predicted molar refractivity (Wildman–Crippen MR) is 194 cm³/mol. The minimum Gasteiger partial charge on any atom is -0.393 e. The van der Waals surface area contributed by atoms with Gasteiger partial charge in [0, 0.05) is 24.2 Å². The van der Waals surface area contributed by atoms with Crippen molar-refractivity contribution in [2.75, 3.05) is 19.8 Å². The second kappa shape index (κ2) is 16.5. The molecular weight excluding hydrogens is 760 g/mol. The third-order valence-corrected chi connectivity index (χ3v) is 15.5. The van der Waals surface area contributed by atoms with E-state index in [0.717, 1.165) is 12.0 Å². The molecule has 21 atom stereocenters. The van der Waals surface area contributed by atoms with Gasteiger partial charge >= 0.3 is 10.4 Å². The largest absolute Gasteiger partial charge is 0.397 e. The third kappa shape index (κ3) is 8.13. The minimum atomic E-state index is -5.11. The van der Waals surface area contributed by atoms with Gasteiger partial charge in [-0.15, -0.1) is 0 Å². The van der Waals surface area contributed by atoms with Crippen molar-refractivity contribution in [3.8, 4) is 0 Å². The SMILES string of the molecule is C=C(CCC(C)C1CC(O)C2C1(C)CCC1C3(C)CCC(O)C(O)C3C(O)CC12O)C(C)COC1OCC(O)C(OS(=O)(=O)O)C1OC1OCC(O)C(O)C1O. The van der Waals surface area contributed by atoms with Crippen molar-refractivity contribution in [3.05, 3.63) is 12.2 Å². The summed E-state index contributed by atoms with van der Waals surface area (Å²) < 4.78 is 60.2. The minimum absolute atomic E-state index is 0.00792. The maximum atomic E-state index is 12.6. The molecule has 0 bridgehead atoms. The van der Waals surface area contributed by atoms with Crippen LogP contribution in [-0.4, -0.2) is 158 Å². The van der Waals surface area contributed by atoms with Gasteiger partial charge in [0.05, 0.1) is 49.8 Å². The summed E-state index contributed by atoms with van der Waals surface area (Å²) in [5.41, 5.74) is -1.52. The highest BCUT2D eigenvalue weighted by Crippen LogP contribution is 2.70. The lowest BCUT2D eigenvalue weighted by atomic mass is 9.41. The van der Waals surface area contributed by atoms with Gasteiger partial charge in [-0.25, -0.2) is 4.18 Å². The molecular formula is C38H64O17S. The number of rotatable bonds is 12. The highest BCUT2D eigenvalue weighted by atomic mass is 32.3. The van der Waals surface area contributed by atoms with Crippen LogP contribution < -0.4 is 0 Å². The smallest absolute Gasteiger partial charge is 0.393 e. The first kappa shape index (κ1) is 44.6. The fraction of sp³-hybridized carbons (Fsp3) is 0.947. The van der Waals surface area contributed by atoms with Crippen LogP contribution in [0.3, 0.4) is 0 Å². The quantitative estimate of drug-likeness (QED) is 0.0868. The van der Waals surface area contributed by atoms with Crippen LogP contribution in [0, 0.1) is 46.3 Å². The molecule has 4 saturated carbocycles. The molecule has 0 amide bonds. The van der Waals surface area contributed by atoms with Crippen LogP contribution >= 0.6 is 0 Å². The van der Waals surface area contributed by atoms with Crippen LogP contribution in [-0.2, 0) is 33.5 Å². The Bertz CT molecular complexity index is 1500. The third-order valence-electron chi connectivity index (χ3n) is 15.0. The van der Waals surface area contributed by atoms with Gasteiger partial charge in [-0.3, -0.25) is 4.55 Å². The Morgan fingerprint density at radius 1 is 0.821 bits per heavy atom. The maximum absolute atomic E-state index is 12.6. The standard InChI is InChI=1S/C38H64O17S/c1-17(19(3)14-51-35-32(31(25(43)16-53-35)55-56(48,49)50)54-34-30(46)29(45)24(42)15-52-34)6-7-18(2)20-12-22(40)33-36(20,4)11-9-26-37(5)10-8-21(39)28(44)27(37)23(41)13-38(26,33)47/h18-35,39-47H,1,6-16H2,2-5H3,(H,48,49,50). The van der Waals surface area contributed by atoms with Gasteiger partial charge in [0.2, 0.25) is 0 Å². The molecule has 6 aliphatic rings. The predicted octanol–water partition coefficient (Wildman–Crippen LogP) is -0.612.